The van der Waals surface area contributed by atoms with Crippen LogP contribution >= 0.6 is 22.9 Å². The Balaban J connectivity index is 1.65. The van der Waals surface area contributed by atoms with Crippen molar-refractivity contribution >= 4 is 40.0 Å². The molecule has 1 N–H and O–H groups in total. The molecule has 0 fully saturated rings. The Kier molecular flexibility index (Phi) is 5.58. The maximum absolute atomic E-state index is 12.2. The zero-order valence-electron chi connectivity index (χ0n) is 13.6. The molecular formula is C19H16ClN3OS. The van der Waals surface area contributed by atoms with Gasteiger partial charge in [0.15, 0.2) is 5.01 Å². The number of hydrogen-bond acceptors (Lipinski definition) is 4. The number of carbonyl (C=O) groups excluding carboxylic acids is 1. The van der Waals surface area contributed by atoms with Crippen LogP contribution in [0.4, 0.5) is 0 Å². The van der Waals surface area contributed by atoms with E-state index in [9.17, 15) is 4.79 Å². The molecule has 0 radical (unpaired) electrons. The van der Waals surface area contributed by atoms with E-state index in [0.717, 1.165) is 11.1 Å². The number of nitrogens with zero attached hydrogens (tertiary/aromatic N) is 2. The molecule has 2 aromatic carbocycles. The number of rotatable bonds is 5. The Morgan fingerprint density at radius 2 is 1.76 bits per heavy atom. The van der Waals surface area contributed by atoms with Gasteiger partial charge < -0.3 is 5.32 Å². The van der Waals surface area contributed by atoms with Gasteiger partial charge in [0.25, 0.3) is 5.91 Å². The number of aryl methyl sites for hydroxylation is 1. The zero-order chi connectivity index (χ0) is 17.6. The summed E-state index contributed by atoms with van der Waals surface area (Å²) in [5.41, 5.74) is 3.18. The van der Waals surface area contributed by atoms with Crippen LogP contribution in [0.2, 0.25) is 0 Å². The highest BCUT2D eigenvalue weighted by molar-refractivity contribution is 7.15. The van der Waals surface area contributed by atoms with E-state index in [1.54, 1.807) is 6.08 Å². The number of nitrogens with one attached hydrogen (secondary N) is 1. The maximum atomic E-state index is 12.2. The quantitative estimate of drug-likeness (QED) is 0.719. The van der Waals surface area contributed by atoms with Gasteiger partial charge in [-0.1, -0.05) is 83.1 Å². The average molecular weight is 370 g/mol. The largest absolute Gasteiger partial charge is 0.346 e. The second-order valence-corrected chi connectivity index (χ2v) is 6.87. The third-order valence-corrected chi connectivity index (χ3v) is 4.85. The van der Waals surface area contributed by atoms with E-state index in [-0.39, 0.29) is 5.91 Å². The molecule has 4 nitrogen and oxygen atoms in total. The minimum Gasteiger partial charge on any atom is -0.346 e. The van der Waals surface area contributed by atoms with Crippen molar-refractivity contribution in [1.29, 1.82) is 0 Å². The van der Waals surface area contributed by atoms with Gasteiger partial charge in [0.2, 0.25) is 5.01 Å². The fourth-order valence-corrected chi connectivity index (χ4v) is 3.08. The fourth-order valence-electron chi connectivity index (χ4n) is 2.13. The van der Waals surface area contributed by atoms with Gasteiger partial charge in [0.1, 0.15) is 0 Å². The van der Waals surface area contributed by atoms with Gasteiger partial charge in [-0.2, -0.15) is 0 Å². The molecule has 0 aliphatic heterocycles. The van der Waals surface area contributed by atoms with E-state index in [0.29, 0.717) is 21.6 Å². The van der Waals surface area contributed by atoms with Gasteiger partial charge in [-0.3, -0.25) is 4.79 Å². The number of halogens is 1. The van der Waals surface area contributed by atoms with Crippen LogP contribution in [0.25, 0.3) is 11.1 Å². The molecule has 0 saturated carbocycles. The number of carbonyl (C=O) groups is 1. The number of hydrogen-bond donors (Lipinski definition) is 1. The van der Waals surface area contributed by atoms with E-state index in [1.807, 2.05) is 61.5 Å². The summed E-state index contributed by atoms with van der Waals surface area (Å²) in [7, 11) is 0. The van der Waals surface area contributed by atoms with Crippen LogP contribution in [0.1, 0.15) is 31.5 Å². The predicted octanol–water partition coefficient (Wildman–Crippen LogP) is 4.51. The Morgan fingerprint density at radius 3 is 2.48 bits per heavy atom. The predicted molar refractivity (Wildman–Crippen MR) is 102 cm³/mol. The second kappa shape index (κ2) is 8.05. The Labute approximate surface area is 155 Å². The monoisotopic (exact) mass is 369 g/mol. The summed E-state index contributed by atoms with van der Waals surface area (Å²) in [5.74, 6) is -0.256. The summed E-state index contributed by atoms with van der Waals surface area (Å²) in [6.45, 7) is 2.47. The van der Waals surface area contributed by atoms with Crippen LogP contribution in [0.5, 0.6) is 0 Å². The van der Waals surface area contributed by atoms with Crippen molar-refractivity contribution in [3.63, 3.8) is 0 Å². The lowest BCUT2D eigenvalue weighted by Gasteiger charge is -2.03. The highest BCUT2D eigenvalue weighted by atomic mass is 35.5. The van der Waals surface area contributed by atoms with Crippen LogP contribution in [0, 0.1) is 6.92 Å². The van der Waals surface area contributed by atoms with Crippen molar-refractivity contribution in [2.75, 3.05) is 0 Å². The molecule has 1 heterocycles. The molecule has 126 valence electrons. The maximum Gasteiger partial charge on any atom is 0.282 e. The first-order chi connectivity index (χ1) is 12.1. The standard InChI is InChI=1S/C19H16ClN3OS/c1-13-7-9-15(10-8-13)12-21-17(24)19-23-22-18(25-19)16(20)11-14-5-3-2-4-6-14/h2-11H,12H2,1H3,(H,21,24)/b16-11-. The molecule has 0 aliphatic rings. The summed E-state index contributed by atoms with van der Waals surface area (Å²) >= 11 is 7.46. The van der Waals surface area contributed by atoms with Gasteiger partial charge in [0, 0.05) is 6.54 Å². The molecule has 3 aromatic rings. The first-order valence-electron chi connectivity index (χ1n) is 7.72. The molecule has 1 amide bonds. The highest BCUT2D eigenvalue weighted by Gasteiger charge is 2.14. The first-order valence-corrected chi connectivity index (χ1v) is 8.91. The third kappa shape index (κ3) is 4.75. The molecule has 0 bridgehead atoms. The number of amides is 1. The highest BCUT2D eigenvalue weighted by Crippen LogP contribution is 2.25. The lowest BCUT2D eigenvalue weighted by Crippen LogP contribution is -2.22. The van der Waals surface area contributed by atoms with Crippen LogP contribution in [-0.2, 0) is 6.54 Å². The lowest BCUT2D eigenvalue weighted by molar-refractivity contribution is 0.0950. The first kappa shape index (κ1) is 17.3. The average Bonchev–Trinajstić information content (AvgIpc) is 3.12. The van der Waals surface area contributed by atoms with Crippen LogP contribution in [0.3, 0.4) is 0 Å². The zero-order valence-corrected chi connectivity index (χ0v) is 15.1. The molecule has 0 saturated heterocycles. The van der Waals surface area contributed by atoms with Gasteiger partial charge in [-0.05, 0) is 24.1 Å². The van der Waals surface area contributed by atoms with Crippen molar-refractivity contribution in [2.45, 2.75) is 13.5 Å². The van der Waals surface area contributed by atoms with E-state index in [1.165, 1.54) is 16.9 Å². The minimum atomic E-state index is -0.256. The number of benzene rings is 2. The van der Waals surface area contributed by atoms with Crippen molar-refractivity contribution < 1.29 is 4.79 Å². The van der Waals surface area contributed by atoms with E-state index >= 15 is 0 Å². The minimum absolute atomic E-state index is 0.256. The molecule has 0 unspecified atom stereocenters. The van der Waals surface area contributed by atoms with E-state index in [4.69, 9.17) is 11.6 Å². The van der Waals surface area contributed by atoms with Gasteiger partial charge >= 0.3 is 0 Å². The normalized spacial score (nSPS) is 11.4. The summed E-state index contributed by atoms with van der Waals surface area (Å²) in [6.07, 6.45) is 1.80. The van der Waals surface area contributed by atoms with Gasteiger partial charge in [0.05, 0.1) is 5.03 Å². The van der Waals surface area contributed by atoms with Crippen LogP contribution < -0.4 is 5.32 Å². The summed E-state index contributed by atoms with van der Waals surface area (Å²) in [6, 6.07) is 17.7. The number of aromatic nitrogens is 2. The van der Waals surface area contributed by atoms with Crippen molar-refractivity contribution in [1.82, 2.24) is 15.5 Å². The lowest BCUT2D eigenvalue weighted by atomic mass is 10.1. The fraction of sp³-hybridized carbons (Fsp3) is 0.105. The Morgan fingerprint density at radius 1 is 1.08 bits per heavy atom. The molecule has 0 spiro atoms. The smallest absolute Gasteiger partial charge is 0.282 e. The molecule has 25 heavy (non-hydrogen) atoms. The molecule has 0 aliphatic carbocycles. The Bertz CT molecular complexity index is 889. The molecule has 3 rings (SSSR count). The van der Waals surface area contributed by atoms with Crippen molar-refractivity contribution in [3.8, 4) is 0 Å². The van der Waals surface area contributed by atoms with Crippen LogP contribution in [0.15, 0.2) is 54.6 Å². The van der Waals surface area contributed by atoms with Gasteiger partial charge in [-0.15, -0.1) is 10.2 Å². The topological polar surface area (TPSA) is 54.9 Å². The van der Waals surface area contributed by atoms with Crippen molar-refractivity contribution in [3.05, 3.63) is 81.3 Å². The Hall–Kier alpha value is -2.50. The molecular weight excluding hydrogens is 354 g/mol. The van der Waals surface area contributed by atoms with Crippen LogP contribution in [-0.4, -0.2) is 16.1 Å². The van der Waals surface area contributed by atoms with E-state index < -0.39 is 0 Å². The summed E-state index contributed by atoms with van der Waals surface area (Å²) in [5, 5.41) is 12.1. The SMILES string of the molecule is Cc1ccc(CNC(=O)c2nnc(/C(Cl)=C/c3ccccc3)s2)cc1. The van der Waals surface area contributed by atoms with Gasteiger partial charge in [-0.25, -0.2) is 0 Å². The second-order valence-electron chi connectivity index (χ2n) is 5.48. The van der Waals surface area contributed by atoms with E-state index in [2.05, 4.69) is 15.5 Å². The molecule has 0 atom stereocenters. The summed E-state index contributed by atoms with van der Waals surface area (Å²) < 4.78 is 0. The molecule has 1 aromatic heterocycles. The molecule has 6 heteroatoms. The third-order valence-electron chi connectivity index (χ3n) is 3.49. The summed E-state index contributed by atoms with van der Waals surface area (Å²) in [4.78, 5) is 12.2. The van der Waals surface area contributed by atoms with Crippen molar-refractivity contribution in [2.24, 2.45) is 0 Å².